The highest BCUT2D eigenvalue weighted by molar-refractivity contribution is 7.16. The minimum absolute atomic E-state index is 0.0192. The number of amides is 2. The van der Waals surface area contributed by atoms with E-state index in [2.05, 4.69) is 10.6 Å². The molecule has 2 amide bonds. The molecule has 3 aromatic rings. The van der Waals surface area contributed by atoms with Gasteiger partial charge in [0.2, 0.25) is 0 Å². The Morgan fingerprint density at radius 2 is 1.71 bits per heavy atom. The summed E-state index contributed by atoms with van der Waals surface area (Å²) in [4.78, 5) is 38.1. The number of carbonyl (C=O) groups is 3. The van der Waals surface area contributed by atoms with Crippen LogP contribution >= 0.6 is 11.3 Å². The van der Waals surface area contributed by atoms with Crippen LogP contribution in [0.4, 0.5) is 5.00 Å². The lowest BCUT2D eigenvalue weighted by molar-refractivity contribution is -0.123. The monoisotopic (exact) mass is 440 g/mol. The maximum Gasteiger partial charge on any atom is 0.340 e. The number of ether oxygens (including phenoxy) is 2. The van der Waals surface area contributed by atoms with Gasteiger partial charge in [-0.3, -0.25) is 9.59 Å². The number of methoxy groups -OCH3 is 1. The summed E-state index contributed by atoms with van der Waals surface area (Å²) < 4.78 is 10.5. The molecule has 0 aliphatic carbocycles. The van der Waals surface area contributed by atoms with E-state index in [1.165, 1.54) is 18.4 Å². The van der Waals surface area contributed by atoms with Gasteiger partial charge in [0.15, 0.2) is 6.61 Å². The van der Waals surface area contributed by atoms with Crippen molar-refractivity contribution in [3.8, 4) is 5.75 Å². The summed E-state index contributed by atoms with van der Waals surface area (Å²) in [6.45, 7) is 5.33. The third kappa shape index (κ3) is 5.40. The van der Waals surface area contributed by atoms with Crippen molar-refractivity contribution >= 4 is 44.9 Å². The van der Waals surface area contributed by atoms with E-state index in [1.54, 1.807) is 18.2 Å². The van der Waals surface area contributed by atoms with Crippen LogP contribution in [-0.2, 0) is 9.53 Å². The van der Waals surface area contributed by atoms with Crippen LogP contribution in [0.15, 0.2) is 42.5 Å². The van der Waals surface area contributed by atoms with Gasteiger partial charge in [-0.25, -0.2) is 4.79 Å². The molecule has 8 heteroatoms. The van der Waals surface area contributed by atoms with Gasteiger partial charge in [-0.15, -0.1) is 11.3 Å². The molecule has 3 rings (SSSR count). The number of hydrogen-bond acceptors (Lipinski definition) is 6. The molecule has 0 aliphatic rings. The van der Waals surface area contributed by atoms with Crippen molar-refractivity contribution in [1.29, 1.82) is 0 Å². The van der Waals surface area contributed by atoms with Crippen LogP contribution in [-0.4, -0.2) is 37.5 Å². The van der Waals surface area contributed by atoms with Crippen molar-refractivity contribution < 1.29 is 23.9 Å². The molecule has 0 bridgehead atoms. The molecule has 0 radical (unpaired) electrons. The van der Waals surface area contributed by atoms with Crippen LogP contribution < -0.4 is 15.4 Å². The molecule has 0 fully saturated rings. The zero-order chi connectivity index (χ0) is 22.5. The van der Waals surface area contributed by atoms with Crippen LogP contribution in [0.3, 0.4) is 0 Å². The molecule has 2 N–H and O–H groups in total. The Hall–Kier alpha value is -3.39. The van der Waals surface area contributed by atoms with Crippen LogP contribution in [0, 0.1) is 6.92 Å². The summed E-state index contributed by atoms with van der Waals surface area (Å²) in [7, 11) is 1.29. The van der Waals surface area contributed by atoms with E-state index in [-0.39, 0.29) is 35.4 Å². The normalized spacial score (nSPS) is 10.7. The molecule has 0 saturated heterocycles. The number of nitrogens with one attached hydrogen (secondary N) is 2. The van der Waals surface area contributed by atoms with Crippen molar-refractivity contribution in [1.82, 2.24) is 5.32 Å². The minimum atomic E-state index is -0.528. The van der Waals surface area contributed by atoms with Gasteiger partial charge in [-0.2, -0.15) is 0 Å². The number of rotatable bonds is 7. The highest BCUT2D eigenvalue weighted by Gasteiger charge is 2.21. The van der Waals surface area contributed by atoms with Gasteiger partial charge in [0, 0.05) is 10.9 Å². The summed E-state index contributed by atoms with van der Waals surface area (Å²) in [6, 6.07) is 12.6. The molecule has 0 unspecified atom stereocenters. The van der Waals surface area contributed by atoms with Gasteiger partial charge in [-0.05, 0) is 49.7 Å². The second-order valence-electron chi connectivity index (χ2n) is 7.25. The van der Waals surface area contributed by atoms with E-state index >= 15 is 0 Å². The Labute approximate surface area is 184 Å². The summed E-state index contributed by atoms with van der Waals surface area (Å²) in [5.74, 6) is -0.976. The standard InChI is InChI=1S/C23H24N2O5S/c1-13(2)24-20(26)12-30-19-11-16-8-6-5-7-15(16)10-17(19)21(27)25-22-18(23(28)29-4)9-14(3)31-22/h5-11,13H,12H2,1-4H3,(H,24,26)(H,25,27). The molecule has 162 valence electrons. The Balaban J connectivity index is 1.93. The Bertz CT molecular complexity index is 1140. The summed E-state index contributed by atoms with van der Waals surface area (Å²) in [5, 5.41) is 7.66. The number of fused-ring (bicyclic) bond motifs is 1. The number of esters is 1. The van der Waals surface area contributed by atoms with Gasteiger partial charge >= 0.3 is 5.97 Å². The highest BCUT2D eigenvalue weighted by Crippen LogP contribution is 2.31. The fourth-order valence-electron chi connectivity index (χ4n) is 3.06. The first-order chi connectivity index (χ1) is 14.8. The molecule has 0 saturated carbocycles. The molecule has 0 aliphatic heterocycles. The molecular weight excluding hydrogens is 416 g/mol. The molecule has 2 aromatic carbocycles. The van der Waals surface area contributed by atoms with Crippen LogP contribution in [0.25, 0.3) is 10.8 Å². The lowest BCUT2D eigenvalue weighted by Gasteiger charge is -2.14. The minimum Gasteiger partial charge on any atom is -0.483 e. The predicted molar refractivity (Wildman–Crippen MR) is 121 cm³/mol. The first kappa shape index (κ1) is 22.3. The summed E-state index contributed by atoms with van der Waals surface area (Å²) >= 11 is 1.28. The van der Waals surface area contributed by atoms with Crippen molar-refractivity contribution in [2.24, 2.45) is 0 Å². The number of benzene rings is 2. The topological polar surface area (TPSA) is 93.7 Å². The van der Waals surface area contributed by atoms with Crippen molar-refractivity contribution in [2.45, 2.75) is 26.8 Å². The molecule has 0 atom stereocenters. The maximum atomic E-state index is 13.1. The number of anilines is 1. The van der Waals surface area contributed by atoms with E-state index in [1.807, 2.05) is 45.0 Å². The van der Waals surface area contributed by atoms with E-state index in [4.69, 9.17) is 9.47 Å². The second-order valence-corrected chi connectivity index (χ2v) is 8.51. The summed E-state index contributed by atoms with van der Waals surface area (Å²) in [6.07, 6.45) is 0. The average molecular weight is 441 g/mol. The molecule has 0 spiro atoms. The van der Waals surface area contributed by atoms with Gasteiger partial charge in [-0.1, -0.05) is 24.3 Å². The Kier molecular flexibility index (Phi) is 6.91. The van der Waals surface area contributed by atoms with E-state index in [9.17, 15) is 14.4 Å². The third-order valence-electron chi connectivity index (χ3n) is 4.39. The van der Waals surface area contributed by atoms with E-state index < -0.39 is 11.9 Å². The zero-order valence-corrected chi connectivity index (χ0v) is 18.6. The highest BCUT2D eigenvalue weighted by atomic mass is 32.1. The molecule has 1 aromatic heterocycles. The zero-order valence-electron chi connectivity index (χ0n) is 17.8. The van der Waals surface area contributed by atoms with Crippen LogP contribution in [0.2, 0.25) is 0 Å². The molecule has 7 nitrogen and oxygen atoms in total. The first-order valence-corrected chi connectivity index (χ1v) is 10.5. The maximum absolute atomic E-state index is 13.1. The van der Waals surface area contributed by atoms with Crippen molar-refractivity contribution in [2.75, 3.05) is 19.0 Å². The molecule has 1 heterocycles. The smallest absolute Gasteiger partial charge is 0.340 e. The fraction of sp³-hybridized carbons (Fsp3) is 0.261. The predicted octanol–water partition coefficient (Wildman–Crippen LogP) is 4.15. The Morgan fingerprint density at radius 3 is 2.35 bits per heavy atom. The average Bonchev–Trinajstić information content (AvgIpc) is 3.10. The summed E-state index contributed by atoms with van der Waals surface area (Å²) in [5.41, 5.74) is 0.552. The number of thiophene rings is 1. The van der Waals surface area contributed by atoms with Crippen molar-refractivity contribution in [3.63, 3.8) is 0 Å². The first-order valence-electron chi connectivity index (χ1n) is 9.73. The van der Waals surface area contributed by atoms with Crippen LogP contribution in [0.5, 0.6) is 5.75 Å². The van der Waals surface area contributed by atoms with Crippen molar-refractivity contribution in [3.05, 3.63) is 58.5 Å². The lowest BCUT2D eigenvalue weighted by Crippen LogP contribution is -2.34. The number of aryl methyl sites for hydroxylation is 1. The van der Waals surface area contributed by atoms with Gasteiger partial charge < -0.3 is 20.1 Å². The van der Waals surface area contributed by atoms with Crippen LogP contribution in [0.1, 0.15) is 39.4 Å². The fourth-order valence-corrected chi connectivity index (χ4v) is 3.96. The van der Waals surface area contributed by atoms with Gasteiger partial charge in [0.25, 0.3) is 11.8 Å². The molecular formula is C23H24N2O5S. The third-order valence-corrected chi connectivity index (χ3v) is 5.35. The molecule has 31 heavy (non-hydrogen) atoms. The number of hydrogen-bond donors (Lipinski definition) is 2. The lowest BCUT2D eigenvalue weighted by atomic mass is 10.1. The SMILES string of the molecule is COC(=O)c1cc(C)sc1NC(=O)c1cc2ccccc2cc1OCC(=O)NC(C)C. The Morgan fingerprint density at radius 1 is 1.03 bits per heavy atom. The quantitative estimate of drug-likeness (QED) is 0.538. The van der Waals surface area contributed by atoms with E-state index in [0.29, 0.717) is 5.00 Å². The second kappa shape index (κ2) is 9.61. The van der Waals surface area contributed by atoms with Gasteiger partial charge in [0.1, 0.15) is 10.8 Å². The largest absolute Gasteiger partial charge is 0.483 e. The van der Waals surface area contributed by atoms with E-state index in [0.717, 1.165) is 15.6 Å². The number of carbonyl (C=O) groups excluding carboxylic acids is 3. The van der Waals surface area contributed by atoms with Gasteiger partial charge in [0.05, 0.1) is 18.2 Å².